The van der Waals surface area contributed by atoms with Crippen molar-refractivity contribution in [2.45, 2.75) is 26.8 Å². The summed E-state index contributed by atoms with van der Waals surface area (Å²) in [6, 6.07) is 4.85. The summed E-state index contributed by atoms with van der Waals surface area (Å²) in [5, 5.41) is 13.9. The number of carbonyl (C=O) groups is 3. The Morgan fingerprint density at radius 2 is 1.85 bits per heavy atom. The molecule has 108 valence electrons. The highest BCUT2D eigenvalue weighted by atomic mass is 16.4. The average molecular weight is 278 g/mol. The number of carboxylic acids is 1. The third-order valence-corrected chi connectivity index (χ3v) is 2.75. The van der Waals surface area contributed by atoms with Gasteiger partial charge in [-0.1, -0.05) is 26.0 Å². The summed E-state index contributed by atoms with van der Waals surface area (Å²) in [7, 11) is 0. The number of carboxylic acid groups (broad SMARTS) is 1. The number of benzene rings is 1. The van der Waals surface area contributed by atoms with E-state index in [2.05, 4.69) is 10.6 Å². The molecule has 2 amide bonds. The van der Waals surface area contributed by atoms with Crippen LogP contribution in [-0.4, -0.2) is 28.9 Å². The van der Waals surface area contributed by atoms with Gasteiger partial charge in [0.2, 0.25) is 0 Å². The Hall–Kier alpha value is -2.37. The molecule has 0 bridgehead atoms. The van der Waals surface area contributed by atoms with Crippen LogP contribution in [0.5, 0.6) is 0 Å². The number of hydrogen-bond donors (Lipinski definition) is 3. The predicted octanol–water partition coefficient (Wildman–Crippen LogP) is 2.12. The molecule has 0 spiro atoms. The van der Waals surface area contributed by atoms with Crippen LogP contribution in [0.4, 0.5) is 10.5 Å². The number of amides is 2. The molecule has 6 heteroatoms. The van der Waals surface area contributed by atoms with Crippen molar-refractivity contribution in [3.8, 4) is 0 Å². The van der Waals surface area contributed by atoms with E-state index in [4.69, 9.17) is 5.11 Å². The minimum atomic E-state index is -1.09. The molecule has 0 unspecified atom stereocenters. The lowest BCUT2D eigenvalue weighted by Gasteiger charge is -2.18. The molecule has 0 fully saturated rings. The van der Waals surface area contributed by atoms with Crippen molar-refractivity contribution in [2.75, 3.05) is 5.32 Å². The van der Waals surface area contributed by atoms with Crippen molar-refractivity contribution in [3.05, 3.63) is 29.8 Å². The average Bonchev–Trinajstić information content (AvgIpc) is 2.35. The molecule has 6 nitrogen and oxygen atoms in total. The fraction of sp³-hybridized carbons (Fsp3) is 0.357. The first-order valence-corrected chi connectivity index (χ1v) is 6.22. The number of Topliss-reactive ketones (excluding diaryl/α,β-unsaturated/α-hetero) is 1. The van der Waals surface area contributed by atoms with E-state index in [0.717, 1.165) is 0 Å². The second-order valence-corrected chi connectivity index (χ2v) is 4.80. The fourth-order valence-electron chi connectivity index (χ4n) is 1.64. The maximum Gasteiger partial charge on any atom is 0.326 e. The van der Waals surface area contributed by atoms with Gasteiger partial charge in [-0.3, -0.25) is 4.79 Å². The van der Waals surface area contributed by atoms with Gasteiger partial charge in [-0.05, 0) is 25.0 Å². The van der Waals surface area contributed by atoms with Crippen molar-refractivity contribution >= 4 is 23.5 Å². The molecule has 20 heavy (non-hydrogen) atoms. The maximum absolute atomic E-state index is 11.7. The summed E-state index contributed by atoms with van der Waals surface area (Å²) in [5.41, 5.74) is 0.907. The normalized spacial score (nSPS) is 11.8. The number of urea groups is 1. The van der Waals surface area contributed by atoms with E-state index in [1.54, 1.807) is 32.0 Å². The lowest BCUT2D eigenvalue weighted by molar-refractivity contribution is -0.140. The Morgan fingerprint density at radius 1 is 1.20 bits per heavy atom. The molecular weight excluding hydrogens is 260 g/mol. The fourth-order valence-corrected chi connectivity index (χ4v) is 1.64. The first-order valence-electron chi connectivity index (χ1n) is 6.22. The van der Waals surface area contributed by atoms with Gasteiger partial charge < -0.3 is 15.7 Å². The van der Waals surface area contributed by atoms with E-state index < -0.39 is 18.0 Å². The highest BCUT2D eigenvalue weighted by Crippen LogP contribution is 2.11. The number of ketones is 1. The second kappa shape index (κ2) is 6.70. The summed E-state index contributed by atoms with van der Waals surface area (Å²) in [6.07, 6.45) is 0. The van der Waals surface area contributed by atoms with Crippen molar-refractivity contribution in [1.82, 2.24) is 5.32 Å². The number of hydrogen-bond acceptors (Lipinski definition) is 3. The SMILES string of the molecule is CC(=O)c1cccc(NC(=O)N[C@@H](C(=O)O)C(C)C)c1. The molecule has 0 aliphatic carbocycles. The van der Waals surface area contributed by atoms with Gasteiger partial charge in [-0.15, -0.1) is 0 Å². The highest BCUT2D eigenvalue weighted by molar-refractivity contribution is 5.97. The number of aliphatic carboxylic acids is 1. The quantitative estimate of drug-likeness (QED) is 0.719. The molecule has 0 heterocycles. The largest absolute Gasteiger partial charge is 0.480 e. The molecule has 1 aromatic rings. The molecule has 0 saturated carbocycles. The van der Waals surface area contributed by atoms with Gasteiger partial charge in [-0.25, -0.2) is 9.59 Å². The maximum atomic E-state index is 11.7. The molecule has 0 aromatic heterocycles. The van der Waals surface area contributed by atoms with Crippen LogP contribution in [0.15, 0.2) is 24.3 Å². The van der Waals surface area contributed by atoms with Crippen LogP contribution in [0.25, 0.3) is 0 Å². The van der Waals surface area contributed by atoms with Gasteiger partial charge in [0.05, 0.1) is 0 Å². The lowest BCUT2D eigenvalue weighted by atomic mass is 10.1. The first kappa shape index (κ1) is 15.7. The van der Waals surface area contributed by atoms with Gasteiger partial charge in [0.1, 0.15) is 6.04 Å². The minimum absolute atomic E-state index is 0.111. The van der Waals surface area contributed by atoms with Crippen molar-refractivity contribution in [2.24, 2.45) is 5.92 Å². The molecule has 1 atom stereocenters. The number of anilines is 1. The van der Waals surface area contributed by atoms with Crippen molar-refractivity contribution in [1.29, 1.82) is 0 Å². The zero-order valence-electron chi connectivity index (χ0n) is 11.6. The molecule has 0 aliphatic rings. The number of rotatable bonds is 5. The van der Waals surface area contributed by atoms with Gasteiger partial charge in [0, 0.05) is 11.3 Å². The topological polar surface area (TPSA) is 95.5 Å². The summed E-state index contributed by atoms with van der Waals surface area (Å²) in [4.78, 5) is 34.0. The number of nitrogens with one attached hydrogen (secondary N) is 2. The van der Waals surface area contributed by atoms with Gasteiger partial charge >= 0.3 is 12.0 Å². The Labute approximate surface area is 117 Å². The smallest absolute Gasteiger partial charge is 0.326 e. The standard InChI is InChI=1S/C14H18N2O4/c1-8(2)12(13(18)19)16-14(20)15-11-6-4-5-10(7-11)9(3)17/h4-8,12H,1-3H3,(H,18,19)(H2,15,16,20)/t12-/m1/s1. The Bertz CT molecular complexity index is 526. The van der Waals surface area contributed by atoms with E-state index >= 15 is 0 Å². The van der Waals surface area contributed by atoms with Crippen LogP contribution >= 0.6 is 0 Å². The zero-order chi connectivity index (χ0) is 15.3. The second-order valence-electron chi connectivity index (χ2n) is 4.80. The Kier molecular flexibility index (Phi) is 5.25. The van der Waals surface area contributed by atoms with Crippen LogP contribution in [0.2, 0.25) is 0 Å². The van der Waals surface area contributed by atoms with E-state index in [-0.39, 0.29) is 11.7 Å². The molecule has 3 N–H and O–H groups in total. The summed E-state index contributed by atoms with van der Waals surface area (Å²) in [6.45, 7) is 4.84. The lowest BCUT2D eigenvalue weighted by Crippen LogP contribution is -2.46. The highest BCUT2D eigenvalue weighted by Gasteiger charge is 2.23. The van der Waals surface area contributed by atoms with Crippen LogP contribution in [0, 0.1) is 5.92 Å². The predicted molar refractivity (Wildman–Crippen MR) is 74.9 cm³/mol. The zero-order valence-corrected chi connectivity index (χ0v) is 11.6. The van der Waals surface area contributed by atoms with Crippen LogP contribution < -0.4 is 10.6 Å². The third kappa shape index (κ3) is 4.38. The van der Waals surface area contributed by atoms with Crippen LogP contribution in [0.3, 0.4) is 0 Å². The number of carbonyl (C=O) groups excluding carboxylic acids is 2. The van der Waals surface area contributed by atoms with Crippen molar-refractivity contribution < 1.29 is 19.5 Å². The first-order chi connectivity index (χ1) is 9.31. The molecule has 0 saturated heterocycles. The Morgan fingerprint density at radius 3 is 2.35 bits per heavy atom. The van der Waals surface area contributed by atoms with Gasteiger partial charge in [-0.2, -0.15) is 0 Å². The van der Waals surface area contributed by atoms with Crippen molar-refractivity contribution in [3.63, 3.8) is 0 Å². The molecule has 1 aromatic carbocycles. The van der Waals surface area contributed by atoms with E-state index in [9.17, 15) is 14.4 Å². The van der Waals surface area contributed by atoms with E-state index in [1.807, 2.05) is 0 Å². The molecule has 0 aliphatic heterocycles. The van der Waals surface area contributed by atoms with E-state index in [0.29, 0.717) is 11.3 Å². The molecular formula is C14H18N2O4. The summed E-state index contributed by atoms with van der Waals surface area (Å²) >= 11 is 0. The summed E-state index contributed by atoms with van der Waals surface area (Å²) in [5.74, 6) is -1.44. The molecule has 0 radical (unpaired) electrons. The van der Waals surface area contributed by atoms with Gasteiger partial charge in [0.15, 0.2) is 5.78 Å². The monoisotopic (exact) mass is 278 g/mol. The van der Waals surface area contributed by atoms with E-state index in [1.165, 1.54) is 13.0 Å². The van der Waals surface area contributed by atoms with Crippen LogP contribution in [-0.2, 0) is 4.79 Å². The third-order valence-electron chi connectivity index (χ3n) is 2.75. The Balaban J connectivity index is 2.73. The molecule has 1 rings (SSSR count). The summed E-state index contributed by atoms with van der Waals surface area (Å²) < 4.78 is 0. The van der Waals surface area contributed by atoms with Crippen LogP contribution in [0.1, 0.15) is 31.1 Å². The van der Waals surface area contributed by atoms with Gasteiger partial charge in [0.25, 0.3) is 0 Å². The minimum Gasteiger partial charge on any atom is -0.480 e.